The van der Waals surface area contributed by atoms with E-state index in [1.165, 1.54) is 67.1 Å². The zero-order valence-corrected chi connectivity index (χ0v) is 80.5. The minimum absolute atomic E-state index is 0.00654. The first-order valence-corrected chi connectivity index (χ1v) is 48.5. The van der Waals surface area contributed by atoms with E-state index in [9.17, 15) is 48.9 Å². The van der Waals surface area contributed by atoms with Gasteiger partial charge < -0.3 is 125 Å². The third-order valence-corrected chi connectivity index (χ3v) is 26.7. The number of aromatic nitrogens is 3. The first kappa shape index (κ1) is 109. The summed E-state index contributed by atoms with van der Waals surface area (Å²) in [6.45, 7) is 5.16. The van der Waals surface area contributed by atoms with E-state index in [4.69, 9.17) is 22.6 Å². The van der Waals surface area contributed by atoms with Gasteiger partial charge in [0.1, 0.15) is 90.3 Å². The average molecular weight is 1970 g/mol. The number of aliphatic hydroxyl groups excluding tert-OH is 1. The van der Waals surface area contributed by atoms with E-state index in [-0.39, 0.29) is 115 Å². The van der Waals surface area contributed by atoms with Gasteiger partial charge >= 0.3 is 5.97 Å². The van der Waals surface area contributed by atoms with Gasteiger partial charge in [-0.1, -0.05) is 102 Å². The number of likely N-dealkylation sites (N-methyl/N-ethyl adjacent to an activating group) is 3. The number of guanidine groups is 1. The minimum atomic E-state index is -1.92. The Morgan fingerprint density at radius 2 is 1.07 bits per heavy atom. The highest BCUT2D eigenvalue weighted by Crippen LogP contribution is 2.30. The molecule has 44 nitrogen and oxygen atoms in total. The van der Waals surface area contributed by atoms with E-state index < -0.39 is 241 Å². The highest BCUT2D eigenvalue weighted by molar-refractivity contribution is 8.00. The molecule has 3 saturated heterocycles. The number of fused-ring (bicyclic) bond motifs is 4. The number of benzene rings is 3. The van der Waals surface area contributed by atoms with Crippen molar-refractivity contribution in [1.29, 1.82) is 5.41 Å². The number of carbonyl (C=O) groups excluding carboxylic acids is 17. The van der Waals surface area contributed by atoms with Gasteiger partial charge in [0.2, 0.25) is 100 Å². The van der Waals surface area contributed by atoms with Crippen LogP contribution in [0, 0.1) is 11.3 Å². The smallest absolute Gasteiger partial charge is 0.303 e. The number of carbonyl (C=O) groups is 18. The van der Waals surface area contributed by atoms with Crippen molar-refractivity contribution in [3.05, 3.63) is 119 Å². The fraction of sp³-hybridized carbons (Fsp3) is 0.527. The second-order valence-corrected chi connectivity index (χ2v) is 37.4. The van der Waals surface area contributed by atoms with E-state index in [1.807, 2.05) is 32.0 Å². The summed E-state index contributed by atoms with van der Waals surface area (Å²) in [5.74, 6) is -19.9. The molecule has 3 aliphatic heterocycles. The number of carboxylic acid groups (broad SMARTS) is 1. The number of aliphatic carboxylic acids is 1. The Bertz CT molecular complexity index is 5370. The van der Waals surface area contributed by atoms with E-state index >= 15 is 52.7 Å². The SMILES string of the molecule is CCCC[C@H]1C(=O)N(C)[C@@H](CCCC)C(=O)N[C@@H](CCCNC(=N)N)C(=O)N[C@H](C(=O)NCC(N)=O)CSCC(=O)N[C@@H](Cc2ccc(O)cc2)C(=O)N(C)[C@@H](CCC(=O)O)C(=O)N[C@@H](CC(N)=O)C(=O)N2CCC[C@H]2C(=O)N[C@@H](Cc2cnc[nH]2)C(=O)N[C@@H](CC(C)C)C(=O)N2CCC[C@H]2C(=O)N[C@@H](Cc2c[nH]c3ccccc23)C(=O)N[C@@H](CO)C(=O)N[C@@H](Cc2csc3ccccc23)C(=O)N1C. The van der Waals surface area contributed by atoms with Gasteiger partial charge in [0, 0.05) is 112 Å². The number of thiophene rings is 1. The number of hydrogen-bond donors (Lipinski definition) is 20. The number of para-hydroxylation sites is 1. The van der Waals surface area contributed by atoms with Crippen LogP contribution in [-0.2, 0) is 112 Å². The maximum atomic E-state index is 15.8. The number of thioether (sulfide) groups is 1. The van der Waals surface area contributed by atoms with Crippen molar-refractivity contribution >= 4 is 156 Å². The number of primary amides is 2. The molecule has 6 aromatic rings. The number of imidazole rings is 1. The number of phenolic OH excluding ortho intramolecular Hbond substituents is 1. The number of nitrogens with zero attached hydrogens (tertiary/aromatic N) is 6. The van der Waals surface area contributed by atoms with Gasteiger partial charge in [0.25, 0.3) is 0 Å². The molecule has 0 spiro atoms. The first-order valence-electron chi connectivity index (χ1n) is 46.5. The molecule has 3 aromatic carbocycles. The van der Waals surface area contributed by atoms with Gasteiger partial charge in [0.15, 0.2) is 5.96 Å². The van der Waals surface area contributed by atoms with E-state index in [2.05, 4.69) is 73.4 Å². The molecular formula is C93H129N23O21S2. The summed E-state index contributed by atoms with van der Waals surface area (Å²) in [5, 5.41) is 71.8. The Labute approximate surface area is 811 Å². The van der Waals surface area contributed by atoms with Crippen LogP contribution in [0.25, 0.3) is 21.0 Å². The van der Waals surface area contributed by atoms with Crippen LogP contribution < -0.4 is 75.7 Å². The number of aromatic hydroxyl groups is 1. The quantitative estimate of drug-likeness (QED) is 0.0147. The summed E-state index contributed by atoms with van der Waals surface area (Å²) in [4.78, 5) is 280. The van der Waals surface area contributed by atoms with Crippen molar-refractivity contribution in [2.24, 2.45) is 23.1 Å². The molecule has 14 atom stereocenters. The lowest BCUT2D eigenvalue weighted by atomic mass is 10.00. The Morgan fingerprint density at radius 3 is 1.67 bits per heavy atom. The van der Waals surface area contributed by atoms with Gasteiger partial charge in [-0.3, -0.25) is 91.7 Å². The van der Waals surface area contributed by atoms with Crippen LogP contribution in [0.3, 0.4) is 0 Å². The average Bonchev–Trinajstić information content (AvgIpc) is 1.69. The number of phenols is 1. The van der Waals surface area contributed by atoms with Crippen molar-refractivity contribution in [2.75, 3.05) is 65.4 Å². The lowest BCUT2D eigenvalue weighted by Crippen LogP contribution is -2.62. The van der Waals surface area contributed by atoms with Gasteiger partial charge in [0.05, 0.1) is 31.7 Å². The van der Waals surface area contributed by atoms with Crippen LogP contribution in [0.15, 0.2) is 96.9 Å². The lowest BCUT2D eigenvalue weighted by molar-refractivity contribution is -0.149. The molecule has 17 amide bonds. The van der Waals surface area contributed by atoms with E-state index in [1.54, 1.807) is 55.8 Å². The highest BCUT2D eigenvalue weighted by Gasteiger charge is 2.46. The monoisotopic (exact) mass is 1970 g/mol. The number of unbranched alkanes of at least 4 members (excludes halogenated alkanes) is 2. The Kier molecular flexibility index (Phi) is 41.3. The molecular weight excluding hydrogens is 1840 g/mol. The van der Waals surface area contributed by atoms with Gasteiger partial charge in [-0.2, -0.15) is 0 Å². The molecule has 0 radical (unpaired) electrons. The molecule has 3 fully saturated rings. The minimum Gasteiger partial charge on any atom is -0.508 e. The summed E-state index contributed by atoms with van der Waals surface area (Å²) >= 11 is 2.07. The highest BCUT2D eigenvalue weighted by atomic mass is 32.2. The summed E-state index contributed by atoms with van der Waals surface area (Å²) < 4.78 is 0.816. The maximum absolute atomic E-state index is 15.8. The number of aromatic amines is 2. The number of nitrogens with one attached hydrogen (secondary N) is 14. The maximum Gasteiger partial charge on any atom is 0.303 e. The number of nitrogens with two attached hydrogens (primary N) is 3. The molecule has 9 rings (SSSR count). The van der Waals surface area contributed by atoms with E-state index in [0.717, 1.165) is 31.3 Å². The summed E-state index contributed by atoms with van der Waals surface area (Å²) in [6.07, 6.45) is 2.49. The molecule has 3 aromatic heterocycles. The predicted octanol–water partition coefficient (Wildman–Crippen LogP) is -1.32. The van der Waals surface area contributed by atoms with Gasteiger partial charge in [-0.15, -0.1) is 23.1 Å². The second kappa shape index (κ2) is 52.7. The standard InChI is InChI=1S/C93H129N23O21S2/c1-8-10-23-69-84(129)104-60(22-16-34-99-93(96)97)80(125)111-68(79(124)101-45-76(95)120)48-138-49-77(121)103-64(38-52-28-30-56(118)31-29-52)88(133)112(5)70(32-33-78(122)123)85(130)109-66(42-75(94)119)91(136)116-36-18-26-72(116)87(132)106-62(41-55-44-98-50-102-55)82(127)107-63(37-51(3)4)90(135)115-35-17-25-71(115)86(131)105-61(39-53-43-100-59-21-14-12-19-57(53)59)81(126)110-67(46-117)83(128)108-65(40-54-47-139-74-27-15-13-20-58(54)74)89(134)114(7)73(24-11-9-2)92(137)113(69)6/h12-15,19-21,27-31,43-44,47,50-51,60-73,100,117-118H,8-11,16-18,22-26,32-42,45-46,48-49H2,1-7H3,(H2,94,119)(H2,95,120)(H,98,102)(H,101,124)(H,103,121)(H,104,129)(H,105,131)(H,106,132)(H,107,127)(H,108,128)(H,109,130)(H,110,126)(H,111,125)(H,122,123)(H4,96,97,99)/t60-,61-,62-,63-,64-,65-,66-,67-,68-,69-,70-,71-,72-,73-/m0/s1. The number of H-pyrrole nitrogens is 2. The third kappa shape index (κ3) is 31.1. The number of aliphatic hydroxyl groups is 1. The van der Waals surface area contributed by atoms with Crippen molar-refractivity contribution in [3.63, 3.8) is 0 Å². The largest absolute Gasteiger partial charge is 0.508 e. The number of amides is 17. The molecule has 6 heterocycles. The number of rotatable bonds is 29. The van der Waals surface area contributed by atoms with Gasteiger partial charge in [-0.05, 0) is 122 Å². The molecule has 46 heteroatoms. The summed E-state index contributed by atoms with van der Waals surface area (Å²) in [6, 6.07) is -2.39. The summed E-state index contributed by atoms with van der Waals surface area (Å²) in [7, 11) is 3.80. The third-order valence-electron chi connectivity index (χ3n) is 24.6. The number of hydrogen-bond acceptors (Lipinski definition) is 24. The molecule has 3 aliphatic rings. The predicted molar refractivity (Wildman–Crippen MR) is 513 cm³/mol. The fourth-order valence-electron chi connectivity index (χ4n) is 17.2. The van der Waals surface area contributed by atoms with Gasteiger partial charge in [-0.25, -0.2) is 4.98 Å². The molecule has 23 N–H and O–H groups in total. The second-order valence-electron chi connectivity index (χ2n) is 35.4. The molecule has 0 unspecified atom stereocenters. The van der Waals surface area contributed by atoms with Crippen molar-refractivity contribution in [2.45, 2.75) is 241 Å². The molecule has 0 saturated carbocycles. The lowest BCUT2D eigenvalue weighted by Gasteiger charge is -2.36. The normalized spacial score (nSPS) is 23.8. The Morgan fingerprint density at radius 1 is 0.540 bits per heavy atom. The molecule has 0 bridgehead atoms. The molecule has 0 aliphatic carbocycles. The van der Waals surface area contributed by atoms with Crippen molar-refractivity contribution in [1.82, 2.24) is 97.9 Å². The number of carboxylic acids is 1. The van der Waals surface area contributed by atoms with E-state index in [0.29, 0.717) is 76.1 Å². The Balaban J connectivity index is 1.12. The van der Waals surface area contributed by atoms with Crippen LogP contribution in [0.4, 0.5) is 0 Å². The Hall–Kier alpha value is -13.8. The zero-order chi connectivity index (χ0) is 101. The molecule has 139 heavy (non-hydrogen) atoms. The zero-order valence-electron chi connectivity index (χ0n) is 78.9. The first-order chi connectivity index (χ1) is 66.3. The summed E-state index contributed by atoms with van der Waals surface area (Å²) in [5.41, 5.74) is 19.2. The topological polar surface area (TPSA) is 663 Å². The van der Waals surface area contributed by atoms with Crippen LogP contribution in [0.5, 0.6) is 5.75 Å². The van der Waals surface area contributed by atoms with Crippen molar-refractivity contribution in [3.8, 4) is 5.75 Å². The van der Waals surface area contributed by atoms with Crippen LogP contribution in [0.2, 0.25) is 0 Å². The van der Waals surface area contributed by atoms with Crippen LogP contribution in [0.1, 0.15) is 153 Å². The van der Waals surface area contributed by atoms with Crippen LogP contribution in [-0.4, -0.2) is 317 Å². The molecule has 754 valence electrons. The van der Waals surface area contributed by atoms with Crippen molar-refractivity contribution < 1.29 is 102 Å². The fourth-order valence-corrected chi connectivity index (χ4v) is 19.0. The van der Waals surface area contributed by atoms with Crippen LogP contribution >= 0.6 is 23.1 Å².